The number of carboxylic acid groups (broad SMARTS) is 2. The van der Waals surface area contributed by atoms with Gasteiger partial charge in [0.05, 0.1) is 34.1 Å². The number of ether oxygens (including phenoxy) is 1. The summed E-state index contributed by atoms with van der Waals surface area (Å²) >= 11 is 5.90. The topological polar surface area (TPSA) is 122 Å². The van der Waals surface area contributed by atoms with Gasteiger partial charge in [-0.25, -0.2) is 13.8 Å². The van der Waals surface area contributed by atoms with E-state index in [0.717, 1.165) is 12.6 Å². The number of halogens is 6. The van der Waals surface area contributed by atoms with Gasteiger partial charge < -0.3 is 20.3 Å². The zero-order valence-corrected chi connectivity index (χ0v) is 25.0. The van der Waals surface area contributed by atoms with Gasteiger partial charge in [-0.3, -0.25) is 9.59 Å². The first kappa shape index (κ1) is 34.4. The van der Waals surface area contributed by atoms with Gasteiger partial charge in [0.2, 0.25) is 5.88 Å². The summed E-state index contributed by atoms with van der Waals surface area (Å²) in [5, 5.41) is 22.7. The molecule has 3 rings (SSSR count). The Balaban J connectivity index is 1.99. The summed E-state index contributed by atoms with van der Waals surface area (Å²) in [6.45, 7) is 4.75. The first-order valence-electron chi connectivity index (χ1n) is 13.8. The fourth-order valence-electron chi connectivity index (χ4n) is 6.37. The Morgan fingerprint density at radius 2 is 1.74 bits per heavy atom. The van der Waals surface area contributed by atoms with Gasteiger partial charge in [-0.2, -0.15) is 18.2 Å². The van der Waals surface area contributed by atoms with Crippen LogP contribution >= 0.6 is 11.6 Å². The van der Waals surface area contributed by atoms with Gasteiger partial charge in [-0.1, -0.05) is 30.9 Å². The van der Waals surface area contributed by atoms with Crippen molar-refractivity contribution in [3.8, 4) is 5.88 Å². The monoisotopic (exact) mass is 635 g/mol. The third-order valence-corrected chi connectivity index (χ3v) is 8.78. The van der Waals surface area contributed by atoms with Crippen LogP contribution in [0.2, 0.25) is 5.02 Å². The maximum atomic E-state index is 15.6. The van der Waals surface area contributed by atoms with E-state index in [2.05, 4.69) is 15.3 Å². The summed E-state index contributed by atoms with van der Waals surface area (Å²) in [6, 6.07) is 0.126. The third kappa shape index (κ3) is 6.72. The molecule has 1 aromatic carbocycles. The summed E-state index contributed by atoms with van der Waals surface area (Å²) in [7, 11) is 0. The average Bonchev–Trinajstić information content (AvgIpc) is 2.89. The molecule has 1 aliphatic rings. The molecule has 0 aliphatic carbocycles. The molecule has 238 valence electrons. The van der Waals surface area contributed by atoms with Crippen LogP contribution in [0.1, 0.15) is 74.5 Å². The van der Waals surface area contributed by atoms with E-state index in [1.54, 1.807) is 19.9 Å². The predicted molar refractivity (Wildman–Crippen MR) is 147 cm³/mol. The lowest BCUT2D eigenvalue weighted by Crippen LogP contribution is -2.70. The predicted octanol–water partition coefficient (Wildman–Crippen LogP) is 6.51. The highest BCUT2D eigenvalue weighted by Crippen LogP contribution is 2.60. The molecule has 5 unspecified atom stereocenters. The number of alkyl halides is 4. The van der Waals surface area contributed by atoms with Crippen LogP contribution < -0.4 is 10.1 Å². The molecule has 3 N–H and O–H groups in total. The molecule has 8 nitrogen and oxygen atoms in total. The van der Waals surface area contributed by atoms with Crippen molar-refractivity contribution in [3.63, 3.8) is 0 Å². The lowest BCUT2D eigenvalue weighted by atomic mass is 9.50. The fraction of sp³-hybridized carbons (Fsp3) is 0.586. The molecule has 0 saturated carbocycles. The minimum absolute atomic E-state index is 0.139. The van der Waals surface area contributed by atoms with Crippen LogP contribution in [0.3, 0.4) is 0 Å². The van der Waals surface area contributed by atoms with Gasteiger partial charge in [0.1, 0.15) is 18.3 Å². The maximum Gasteiger partial charge on any atom is 0.418 e. The van der Waals surface area contributed by atoms with Crippen LogP contribution in [-0.2, 0) is 15.8 Å². The van der Waals surface area contributed by atoms with Gasteiger partial charge in [-0.05, 0) is 52.7 Å². The maximum absolute atomic E-state index is 15.6. The number of nitrogens with one attached hydrogen (secondary N) is 1. The average molecular weight is 636 g/mol. The molecular weight excluding hydrogens is 601 g/mol. The Hall–Kier alpha value is -3.06. The molecule has 0 bridgehead atoms. The van der Waals surface area contributed by atoms with Gasteiger partial charge >= 0.3 is 18.1 Å². The van der Waals surface area contributed by atoms with Crippen molar-refractivity contribution in [3.05, 3.63) is 51.7 Å². The highest BCUT2D eigenvalue weighted by molar-refractivity contribution is 6.31. The smallest absolute Gasteiger partial charge is 0.418 e. The van der Waals surface area contributed by atoms with E-state index in [-0.39, 0.29) is 12.8 Å². The number of hydrogen-bond acceptors (Lipinski definition) is 6. The van der Waals surface area contributed by atoms with Crippen LogP contribution in [0.25, 0.3) is 0 Å². The molecular formula is C29H35ClF5N3O5. The number of aryl methyl sites for hydroxylation is 2. The molecule has 0 spiro atoms. The zero-order valence-electron chi connectivity index (χ0n) is 24.2. The van der Waals surface area contributed by atoms with Crippen molar-refractivity contribution >= 4 is 23.5 Å². The third-order valence-electron chi connectivity index (χ3n) is 8.47. The van der Waals surface area contributed by atoms with Crippen LogP contribution in [0, 0.1) is 30.5 Å². The van der Waals surface area contributed by atoms with Crippen molar-refractivity contribution in [2.45, 2.75) is 84.0 Å². The summed E-state index contributed by atoms with van der Waals surface area (Å²) in [5.74, 6) is -6.07. The number of carbonyl (C=O) groups is 2. The zero-order chi connectivity index (χ0) is 32.3. The van der Waals surface area contributed by atoms with Crippen molar-refractivity contribution in [2.75, 3.05) is 13.3 Å². The molecule has 1 saturated heterocycles. The Morgan fingerprint density at radius 1 is 1.09 bits per heavy atom. The molecule has 1 aliphatic heterocycles. The van der Waals surface area contributed by atoms with E-state index in [1.807, 2.05) is 0 Å². The van der Waals surface area contributed by atoms with E-state index in [9.17, 15) is 37.4 Å². The standard InChI is InChI=1S/C29H35ClF5N3O5/c1-15-13-21(38-17(3)36-15)43-12-8-6-5-7-11-28(26(41)42)16(2)37-20(14-31)27(4,25(39)40)24(28)22-19(32)10-9-18(30)23(22)29(33,34)35/h9-10,13,16,20,24,37H,5-8,11-12,14H2,1-4H3,(H,39,40)(H,41,42). The Kier molecular flexibility index (Phi) is 10.6. The Bertz CT molecular complexity index is 1330. The molecule has 43 heavy (non-hydrogen) atoms. The highest BCUT2D eigenvalue weighted by atomic mass is 35.5. The van der Waals surface area contributed by atoms with Crippen molar-refractivity contribution in [2.24, 2.45) is 10.8 Å². The van der Waals surface area contributed by atoms with Crippen molar-refractivity contribution < 1.29 is 46.5 Å². The summed E-state index contributed by atoms with van der Waals surface area (Å²) in [5.41, 5.74) is -6.91. The van der Waals surface area contributed by atoms with Crippen LogP contribution in [0.4, 0.5) is 22.0 Å². The molecule has 2 heterocycles. The second kappa shape index (κ2) is 13.3. The number of aromatic nitrogens is 2. The van der Waals surface area contributed by atoms with Gasteiger partial charge in [0.25, 0.3) is 0 Å². The SMILES string of the molecule is Cc1cc(OCCCCCCC2(C(=O)O)C(C)NC(CF)C(C)(C(=O)O)C2c2c(F)ccc(Cl)c2C(F)(F)F)nc(C)n1. The largest absolute Gasteiger partial charge is 0.481 e. The van der Waals surface area contributed by atoms with E-state index in [0.29, 0.717) is 49.7 Å². The fourth-order valence-corrected chi connectivity index (χ4v) is 6.64. The van der Waals surface area contributed by atoms with Gasteiger partial charge in [-0.15, -0.1) is 0 Å². The van der Waals surface area contributed by atoms with Crippen LogP contribution in [0.5, 0.6) is 5.88 Å². The van der Waals surface area contributed by atoms with Crippen LogP contribution in [-0.4, -0.2) is 57.5 Å². The molecule has 2 aromatic rings. The normalized spacial score (nSPS) is 25.9. The van der Waals surface area contributed by atoms with E-state index in [4.69, 9.17) is 16.3 Å². The molecule has 14 heteroatoms. The highest BCUT2D eigenvalue weighted by Gasteiger charge is 2.67. The number of benzene rings is 1. The van der Waals surface area contributed by atoms with Crippen molar-refractivity contribution in [1.82, 2.24) is 15.3 Å². The first-order valence-corrected chi connectivity index (χ1v) is 14.2. The number of nitrogens with zero attached hydrogens (tertiary/aromatic N) is 2. The first-order chi connectivity index (χ1) is 20.0. The van der Waals surface area contributed by atoms with Crippen molar-refractivity contribution in [1.29, 1.82) is 0 Å². The Morgan fingerprint density at radius 3 is 2.30 bits per heavy atom. The summed E-state index contributed by atoms with van der Waals surface area (Å²) in [4.78, 5) is 34.2. The van der Waals surface area contributed by atoms with E-state index >= 15 is 4.39 Å². The number of unbranched alkanes of at least 4 members (excludes halogenated alkanes) is 3. The molecule has 1 aromatic heterocycles. The Labute approximate surface area is 251 Å². The summed E-state index contributed by atoms with van der Waals surface area (Å²) in [6.07, 6.45) is -3.97. The molecule has 1 fully saturated rings. The van der Waals surface area contributed by atoms with Gasteiger partial charge in [0.15, 0.2) is 0 Å². The number of rotatable bonds is 12. The van der Waals surface area contributed by atoms with Gasteiger partial charge in [0, 0.05) is 29.3 Å². The van der Waals surface area contributed by atoms with Crippen LogP contribution in [0.15, 0.2) is 18.2 Å². The number of piperidine rings is 1. The van der Waals surface area contributed by atoms with E-state index in [1.165, 1.54) is 6.92 Å². The number of hydrogen-bond donors (Lipinski definition) is 3. The number of aliphatic carboxylic acids is 2. The quantitative estimate of drug-likeness (QED) is 0.178. The second-order valence-electron chi connectivity index (χ2n) is 11.2. The molecule has 5 atom stereocenters. The summed E-state index contributed by atoms with van der Waals surface area (Å²) < 4.78 is 78.6. The second-order valence-corrected chi connectivity index (χ2v) is 11.6. The van der Waals surface area contributed by atoms with E-state index < -0.39 is 75.6 Å². The minimum atomic E-state index is -5.27. The minimum Gasteiger partial charge on any atom is -0.481 e. The molecule has 0 amide bonds. The molecule has 0 radical (unpaired) electrons. The lowest BCUT2D eigenvalue weighted by Gasteiger charge is -2.56. The lowest BCUT2D eigenvalue weighted by molar-refractivity contribution is -0.174. The number of carboxylic acids is 2.